The van der Waals surface area contributed by atoms with Gasteiger partial charge in [-0.15, -0.1) is 0 Å². The lowest BCUT2D eigenvalue weighted by Gasteiger charge is -2.13. The summed E-state index contributed by atoms with van der Waals surface area (Å²) in [4.78, 5) is 0. The van der Waals surface area contributed by atoms with Crippen LogP contribution in [0.15, 0.2) is 61.2 Å². The van der Waals surface area contributed by atoms with Gasteiger partial charge in [0.05, 0.1) is 0 Å². The van der Waals surface area contributed by atoms with Gasteiger partial charge in [-0.05, 0) is 41.2 Å². The van der Waals surface area contributed by atoms with Gasteiger partial charge in [0, 0.05) is 0 Å². The fourth-order valence-corrected chi connectivity index (χ4v) is 1.91. The molecule has 0 saturated heterocycles. The van der Waals surface area contributed by atoms with Crippen LogP contribution in [0, 0.1) is 0 Å². The first-order valence-electron chi connectivity index (χ1n) is 5.89. The van der Waals surface area contributed by atoms with Crippen LogP contribution in [0.2, 0.25) is 0 Å². The van der Waals surface area contributed by atoms with Crippen LogP contribution in [0.3, 0.4) is 0 Å². The lowest BCUT2D eigenvalue weighted by molar-refractivity contribution is 1.12. The van der Waals surface area contributed by atoms with Gasteiger partial charge in [0.2, 0.25) is 0 Å². The van der Waals surface area contributed by atoms with E-state index in [1.165, 1.54) is 11.1 Å². The molecule has 1 aromatic carbocycles. The average molecular weight is 224 g/mol. The zero-order valence-electron chi connectivity index (χ0n) is 10.8. The first kappa shape index (κ1) is 13.2. The number of hydrogen-bond donors (Lipinski definition) is 0. The Bertz CT molecular complexity index is 473. The van der Waals surface area contributed by atoms with E-state index in [0.717, 1.165) is 23.1 Å². The van der Waals surface area contributed by atoms with Gasteiger partial charge in [0.1, 0.15) is 0 Å². The Labute approximate surface area is 105 Å². The number of allylic oxidation sites excluding steroid dienone is 4. The predicted octanol–water partition coefficient (Wildman–Crippen LogP) is 5.26. The average Bonchev–Trinajstić information content (AvgIpc) is 2.39. The minimum absolute atomic E-state index is 0.977. The van der Waals surface area contributed by atoms with Crippen molar-refractivity contribution in [3.63, 3.8) is 0 Å². The van der Waals surface area contributed by atoms with Crippen molar-refractivity contribution < 1.29 is 0 Å². The number of rotatable bonds is 5. The van der Waals surface area contributed by atoms with Crippen molar-refractivity contribution in [2.24, 2.45) is 0 Å². The van der Waals surface area contributed by atoms with Gasteiger partial charge in [0.15, 0.2) is 0 Å². The second kappa shape index (κ2) is 6.05. The topological polar surface area (TPSA) is 0 Å². The Morgan fingerprint density at radius 2 is 1.88 bits per heavy atom. The Kier molecular flexibility index (Phi) is 4.71. The van der Waals surface area contributed by atoms with E-state index < -0.39 is 0 Å². The highest BCUT2D eigenvalue weighted by atomic mass is 14.1. The summed E-state index contributed by atoms with van der Waals surface area (Å²) in [5.41, 5.74) is 5.77. The highest BCUT2D eigenvalue weighted by Crippen LogP contribution is 2.28. The van der Waals surface area contributed by atoms with Gasteiger partial charge in [-0.2, -0.15) is 0 Å². The first-order chi connectivity index (χ1) is 8.15. The molecule has 0 atom stereocenters. The largest absolute Gasteiger partial charge is 0.0988 e. The lowest BCUT2D eigenvalue weighted by Crippen LogP contribution is -1.92. The molecule has 0 radical (unpaired) electrons. The quantitative estimate of drug-likeness (QED) is 0.599. The fourth-order valence-electron chi connectivity index (χ4n) is 1.91. The molecule has 0 N–H and O–H groups in total. The third kappa shape index (κ3) is 2.85. The molecular formula is C17H20. The van der Waals surface area contributed by atoms with E-state index in [0.29, 0.717) is 0 Å². The van der Waals surface area contributed by atoms with Crippen molar-refractivity contribution in [3.8, 4) is 0 Å². The minimum atomic E-state index is 0.977. The summed E-state index contributed by atoms with van der Waals surface area (Å²) < 4.78 is 0. The highest BCUT2D eigenvalue weighted by molar-refractivity contribution is 5.82. The SMILES string of the molecule is C=C/C(CC)=C(/C)C(=C)c1ccccc1C=C. The molecule has 0 aromatic heterocycles. The van der Waals surface area contributed by atoms with E-state index in [-0.39, 0.29) is 0 Å². The van der Waals surface area contributed by atoms with Crippen LogP contribution in [0.1, 0.15) is 31.4 Å². The molecule has 1 aromatic rings. The zero-order chi connectivity index (χ0) is 12.8. The summed E-state index contributed by atoms with van der Waals surface area (Å²) in [5.74, 6) is 0. The molecule has 0 aliphatic heterocycles. The van der Waals surface area contributed by atoms with Crippen molar-refractivity contribution in [1.82, 2.24) is 0 Å². The molecule has 0 saturated carbocycles. The Morgan fingerprint density at radius 3 is 2.41 bits per heavy atom. The molecule has 0 heterocycles. The number of hydrogen-bond acceptors (Lipinski definition) is 0. The third-order valence-electron chi connectivity index (χ3n) is 3.07. The van der Waals surface area contributed by atoms with Crippen molar-refractivity contribution in [1.29, 1.82) is 0 Å². The van der Waals surface area contributed by atoms with E-state index >= 15 is 0 Å². The van der Waals surface area contributed by atoms with Crippen molar-refractivity contribution in [3.05, 3.63) is 72.4 Å². The molecule has 0 nitrogen and oxygen atoms in total. The standard InChI is InChI=1S/C17H20/c1-6-15(7-2)13(4)14(5)17-12-10-9-11-16(17)8-3/h6,8-12H,1,3,5,7H2,2,4H3/b15-13+. The van der Waals surface area contributed by atoms with E-state index in [2.05, 4.69) is 45.7 Å². The predicted molar refractivity (Wildman–Crippen MR) is 78.8 cm³/mol. The maximum atomic E-state index is 4.20. The Morgan fingerprint density at radius 1 is 1.24 bits per heavy atom. The van der Waals surface area contributed by atoms with E-state index in [1.54, 1.807) is 0 Å². The van der Waals surface area contributed by atoms with Crippen LogP contribution in [0.25, 0.3) is 11.6 Å². The molecular weight excluding hydrogens is 204 g/mol. The molecule has 0 amide bonds. The zero-order valence-corrected chi connectivity index (χ0v) is 10.8. The molecule has 0 aliphatic carbocycles. The maximum absolute atomic E-state index is 4.20. The second-order valence-corrected chi connectivity index (χ2v) is 3.98. The summed E-state index contributed by atoms with van der Waals surface area (Å²) >= 11 is 0. The highest BCUT2D eigenvalue weighted by Gasteiger charge is 2.07. The summed E-state index contributed by atoms with van der Waals surface area (Å²) in [6.07, 6.45) is 4.76. The molecule has 88 valence electrons. The molecule has 0 bridgehead atoms. The monoisotopic (exact) mass is 224 g/mol. The Hall–Kier alpha value is -1.82. The van der Waals surface area contributed by atoms with Gasteiger partial charge in [-0.25, -0.2) is 0 Å². The van der Waals surface area contributed by atoms with Gasteiger partial charge in [0.25, 0.3) is 0 Å². The summed E-state index contributed by atoms with van der Waals surface area (Å²) in [6, 6.07) is 8.18. The van der Waals surface area contributed by atoms with Crippen LogP contribution in [0.4, 0.5) is 0 Å². The third-order valence-corrected chi connectivity index (χ3v) is 3.07. The van der Waals surface area contributed by atoms with Crippen LogP contribution in [-0.4, -0.2) is 0 Å². The normalized spacial score (nSPS) is 11.6. The Balaban J connectivity index is 3.25. The molecule has 0 unspecified atom stereocenters. The van der Waals surface area contributed by atoms with Crippen LogP contribution < -0.4 is 0 Å². The van der Waals surface area contributed by atoms with Gasteiger partial charge in [-0.3, -0.25) is 0 Å². The molecule has 1 rings (SSSR count). The maximum Gasteiger partial charge on any atom is -0.0115 e. The summed E-state index contributed by atoms with van der Waals surface area (Å²) in [6.45, 7) is 16.1. The lowest BCUT2D eigenvalue weighted by atomic mass is 9.92. The van der Waals surface area contributed by atoms with Crippen LogP contribution >= 0.6 is 0 Å². The van der Waals surface area contributed by atoms with Gasteiger partial charge in [-0.1, -0.05) is 63.1 Å². The first-order valence-corrected chi connectivity index (χ1v) is 5.89. The second-order valence-electron chi connectivity index (χ2n) is 3.98. The summed E-state index contributed by atoms with van der Waals surface area (Å²) in [5, 5.41) is 0. The molecule has 0 heteroatoms. The molecule has 0 aliphatic rings. The van der Waals surface area contributed by atoms with Crippen molar-refractivity contribution in [2.75, 3.05) is 0 Å². The minimum Gasteiger partial charge on any atom is -0.0988 e. The summed E-state index contributed by atoms with van der Waals surface area (Å²) in [7, 11) is 0. The van der Waals surface area contributed by atoms with E-state index in [9.17, 15) is 0 Å². The van der Waals surface area contributed by atoms with Crippen molar-refractivity contribution >= 4 is 11.6 Å². The van der Waals surface area contributed by atoms with E-state index in [4.69, 9.17) is 0 Å². The van der Waals surface area contributed by atoms with Crippen LogP contribution in [0.5, 0.6) is 0 Å². The number of benzene rings is 1. The fraction of sp³-hybridized carbons (Fsp3) is 0.176. The van der Waals surface area contributed by atoms with Crippen molar-refractivity contribution in [2.45, 2.75) is 20.3 Å². The molecule has 0 spiro atoms. The smallest absolute Gasteiger partial charge is 0.0115 e. The molecule has 0 fully saturated rings. The van der Waals surface area contributed by atoms with Gasteiger partial charge >= 0.3 is 0 Å². The molecule has 17 heavy (non-hydrogen) atoms. The van der Waals surface area contributed by atoms with Crippen LogP contribution in [-0.2, 0) is 0 Å². The van der Waals surface area contributed by atoms with E-state index in [1.807, 2.05) is 24.3 Å². The van der Waals surface area contributed by atoms with Gasteiger partial charge < -0.3 is 0 Å².